The largest absolute Gasteiger partial charge is 0.472 e. The van der Waals surface area contributed by atoms with Gasteiger partial charge in [0.25, 0.3) is 0 Å². The van der Waals surface area contributed by atoms with Gasteiger partial charge in [-0.25, -0.2) is 4.57 Å². The Labute approximate surface area is 375 Å². The summed E-state index contributed by atoms with van der Waals surface area (Å²) in [6, 6.07) is 0. The lowest BCUT2D eigenvalue weighted by atomic mass is 9.89. The summed E-state index contributed by atoms with van der Waals surface area (Å²) in [5, 5.41) is 49.8. The second kappa shape index (κ2) is 37.5. The Hall–Kier alpha value is -1.67. The molecule has 1 rings (SSSR count). The van der Waals surface area contributed by atoms with Crippen LogP contribution in [0.25, 0.3) is 0 Å². The molecule has 0 aromatic carbocycles. The third-order valence-electron chi connectivity index (χ3n) is 11.6. The molecule has 13 nitrogen and oxygen atoms in total. The topological polar surface area (TPSA) is 210 Å². The first-order chi connectivity index (χ1) is 29.8. The Kier molecular flexibility index (Phi) is 35.3. The van der Waals surface area contributed by atoms with Gasteiger partial charge in [-0.3, -0.25) is 18.6 Å². The van der Waals surface area contributed by atoms with E-state index in [1.54, 1.807) is 6.08 Å². The Bertz CT molecular complexity index is 1210. The zero-order valence-corrected chi connectivity index (χ0v) is 39.7. The van der Waals surface area contributed by atoms with Gasteiger partial charge < -0.3 is 39.9 Å². The van der Waals surface area contributed by atoms with Crippen LogP contribution < -0.4 is 0 Å². The molecule has 0 aromatic rings. The van der Waals surface area contributed by atoms with Crippen molar-refractivity contribution in [3.05, 3.63) is 24.3 Å². The van der Waals surface area contributed by atoms with Gasteiger partial charge in [0, 0.05) is 25.2 Å². The van der Waals surface area contributed by atoms with E-state index in [2.05, 4.69) is 25.3 Å². The lowest BCUT2D eigenvalue weighted by molar-refractivity contribution is -0.161. The molecule has 1 aliphatic carbocycles. The normalized spacial score (nSPS) is 20.5. The number of ether oxygens (including phenoxy) is 2. The molecule has 1 fully saturated rings. The molecule has 0 amide bonds. The maximum absolute atomic E-state index is 12.8. The maximum atomic E-state index is 12.8. The summed E-state index contributed by atoms with van der Waals surface area (Å²) >= 11 is 0. The van der Waals surface area contributed by atoms with Crippen LogP contribution >= 0.6 is 7.82 Å². The van der Waals surface area contributed by atoms with Gasteiger partial charge in [0.2, 0.25) is 0 Å². The average Bonchev–Trinajstić information content (AvgIpc) is 3.51. The average molecular weight is 905 g/mol. The smallest absolute Gasteiger partial charge is 0.462 e. The Balaban J connectivity index is 2.39. The van der Waals surface area contributed by atoms with Gasteiger partial charge in [0.05, 0.1) is 38.1 Å². The van der Waals surface area contributed by atoms with E-state index < -0.39 is 70.1 Å². The van der Waals surface area contributed by atoms with Gasteiger partial charge in [-0.15, -0.1) is 0 Å². The molecular weight excluding hydrogens is 815 g/mol. The summed E-state index contributed by atoms with van der Waals surface area (Å²) in [5.74, 6) is -0.744. The minimum atomic E-state index is -4.69. The number of phosphoric ester groups is 1. The van der Waals surface area contributed by atoms with Gasteiger partial charge in [-0.2, -0.15) is 0 Å². The molecule has 0 aromatic heterocycles. The summed E-state index contributed by atoms with van der Waals surface area (Å²) in [7, 11) is -4.69. The quantitative estimate of drug-likeness (QED) is 0.0146. The first-order valence-corrected chi connectivity index (χ1v) is 25.9. The lowest BCUT2D eigenvalue weighted by Crippen LogP contribution is -2.29. The summed E-state index contributed by atoms with van der Waals surface area (Å²) in [5.41, 5.74) is 0. The highest BCUT2D eigenvalue weighted by Crippen LogP contribution is 2.43. The number of aliphatic hydroxyl groups excluding tert-OH is 5. The first kappa shape index (κ1) is 58.3. The predicted octanol–water partition coefficient (Wildman–Crippen LogP) is 9.58. The summed E-state index contributed by atoms with van der Waals surface area (Å²) < 4.78 is 32.8. The number of aliphatic hydroxyl groups is 5. The van der Waals surface area contributed by atoms with Gasteiger partial charge in [-0.05, 0) is 43.9 Å². The van der Waals surface area contributed by atoms with Crippen molar-refractivity contribution in [1.82, 2.24) is 0 Å². The van der Waals surface area contributed by atoms with Crippen molar-refractivity contribution >= 4 is 19.8 Å². The van der Waals surface area contributed by atoms with E-state index in [0.717, 1.165) is 44.4 Å². The van der Waals surface area contributed by atoms with Crippen molar-refractivity contribution in [2.75, 3.05) is 26.4 Å². The molecule has 1 unspecified atom stereocenters. The fourth-order valence-electron chi connectivity index (χ4n) is 7.76. The van der Waals surface area contributed by atoms with Crippen LogP contribution in [0, 0.1) is 17.8 Å². The molecule has 1 saturated carbocycles. The third-order valence-corrected chi connectivity index (χ3v) is 12.6. The second-order valence-corrected chi connectivity index (χ2v) is 19.4. The molecule has 6 N–H and O–H groups in total. The number of carbonyl (C=O) groups is 2. The van der Waals surface area contributed by atoms with E-state index in [9.17, 15) is 39.5 Å². The van der Waals surface area contributed by atoms with Gasteiger partial charge in [0.1, 0.15) is 12.7 Å². The zero-order chi connectivity index (χ0) is 45.9. The molecule has 62 heavy (non-hydrogen) atoms. The van der Waals surface area contributed by atoms with Crippen molar-refractivity contribution < 1.29 is 63.1 Å². The lowest BCUT2D eigenvalue weighted by Gasteiger charge is -2.20. The van der Waals surface area contributed by atoms with Gasteiger partial charge in [-0.1, -0.05) is 167 Å². The molecule has 1 aliphatic rings. The molecule has 0 heterocycles. The molecule has 364 valence electrons. The van der Waals surface area contributed by atoms with E-state index in [0.29, 0.717) is 32.1 Å². The fourth-order valence-corrected chi connectivity index (χ4v) is 8.55. The Morgan fingerprint density at radius 1 is 0.694 bits per heavy atom. The number of hydrogen-bond donors (Lipinski definition) is 6. The van der Waals surface area contributed by atoms with Crippen LogP contribution in [-0.4, -0.2) is 99.3 Å². The molecule has 0 bridgehead atoms. The van der Waals surface area contributed by atoms with Crippen LogP contribution in [0.1, 0.15) is 194 Å². The standard InChI is InChI=1S/C48H89O13P/c1-4-5-22-28-40(50)32-33-44-43(45(52)34-46(44)53)29-24-20-21-26-31-48(55)61-42(38-60-62(56,57)59-36-41(51)35-49)37-58-47(54)30-25-19-17-15-13-11-9-7-6-8-10-12-14-16-18-23-27-39(2)3/h20,24,32-33,39-46,49-53H,4-19,21-23,25-31,34-38H2,1-3H3,(H,56,57)/b24-20+,33-32+/t40-,41-,42+,43+,44+,45-,46+/m0/s1. The van der Waals surface area contributed by atoms with Crippen molar-refractivity contribution in [2.45, 2.75) is 225 Å². The number of esters is 2. The zero-order valence-electron chi connectivity index (χ0n) is 38.8. The van der Waals surface area contributed by atoms with Crippen LogP contribution in [-0.2, 0) is 32.7 Å². The Morgan fingerprint density at radius 3 is 1.82 bits per heavy atom. The highest BCUT2D eigenvalue weighted by atomic mass is 31.2. The SMILES string of the molecule is CCCCC[C@H](O)/C=C/[C@@H]1[C@@H](C/C=C/CCCC(=O)O[C@H](COC(=O)CCCCCCCCCCCCCCCCCCC(C)C)COP(=O)(O)OC[C@@H](O)CO)[C@@H](O)C[C@H]1O. The van der Waals surface area contributed by atoms with Crippen molar-refractivity contribution in [1.29, 1.82) is 0 Å². The van der Waals surface area contributed by atoms with E-state index in [1.165, 1.54) is 83.5 Å². The molecule has 8 atom stereocenters. The van der Waals surface area contributed by atoms with Crippen LogP contribution in [0.3, 0.4) is 0 Å². The van der Waals surface area contributed by atoms with E-state index in [-0.39, 0.29) is 37.7 Å². The number of unbranched alkanes of at least 4 members (excludes halogenated alkanes) is 18. The minimum Gasteiger partial charge on any atom is -0.462 e. The monoisotopic (exact) mass is 905 g/mol. The number of allylic oxidation sites excluding steroid dienone is 2. The first-order valence-electron chi connectivity index (χ1n) is 24.4. The number of carbonyl (C=O) groups excluding carboxylic acids is 2. The molecule has 0 radical (unpaired) electrons. The van der Waals surface area contributed by atoms with Crippen molar-refractivity contribution in [3.63, 3.8) is 0 Å². The van der Waals surface area contributed by atoms with Crippen molar-refractivity contribution in [2.24, 2.45) is 17.8 Å². The van der Waals surface area contributed by atoms with E-state index in [4.69, 9.17) is 19.1 Å². The molecule has 0 spiro atoms. The van der Waals surface area contributed by atoms with Crippen molar-refractivity contribution in [3.8, 4) is 0 Å². The van der Waals surface area contributed by atoms with Gasteiger partial charge in [0.15, 0.2) is 6.10 Å². The summed E-state index contributed by atoms with van der Waals surface area (Å²) in [6.07, 6.45) is 29.5. The molecule has 0 aliphatic heterocycles. The van der Waals surface area contributed by atoms with E-state index >= 15 is 0 Å². The maximum Gasteiger partial charge on any atom is 0.472 e. The number of hydrogen-bond acceptors (Lipinski definition) is 12. The third kappa shape index (κ3) is 32.1. The molecular formula is C48H89O13P. The van der Waals surface area contributed by atoms with Crippen LogP contribution in [0.15, 0.2) is 24.3 Å². The molecule has 0 saturated heterocycles. The van der Waals surface area contributed by atoms with Crippen LogP contribution in [0.5, 0.6) is 0 Å². The van der Waals surface area contributed by atoms with Gasteiger partial charge >= 0.3 is 19.8 Å². The predicted molar refractivity (Wildman–Crippen MR) is 244 cm³/mol. The van der Waals surface area contributed by atoms with Crippen LogP contribution in [0.2, 0.25) is 0 Å². The molecule has 14 heteroatoms. The van der Waals surface area contributed by atoms with E-state index in [1.807, 2.05) is 18.2 Å². The fraction of sp³-hybridized carbons (Fsp3) is 0.875. The summed E-state index contributed by atoms with van der Waals surface area (Å²) in [4.78, 5) is 35.3. The second-order valence-electron chi connectivity index (χ2n) is 17.9. The highest BCUT2D eigenvalue weighted by molar-refractivity contribution is 7.47. The highest BCUT2D eigenvalue weighted by Gasteiger charge is 2.39. The number of phosphoric acid groups is 1. The van der Waals surface area contributed by atoms with Crippen LogP contribution in [0.4, 0.5) is 0 Å². The minimum absolute atomic E-state index is 0.00960. The summed E-state index contributed by atoms with van der Waals surface area (Å²) in [6.45, 7) is 4.37. The Morgan fingerprint density at radius 2 is 1.24 bits per heavy atom. The number of rotatable bonds is 41.